The van der Waals surface area contributed by atoms with Crippen LogP contribution < -0.4 is 5.32 Å². The molecule has 0 saturated carbocycles. The van der Waals surface area contributed by atoms with Crippen molar-refractivity contribution in [3.05, 3.63) is 42.1 Å². The van der Waals surface area contributed by atoms with E-state index in [9.17, 15) is 4.79 Å². The molecule has 0 aliphatic carbocycles. The molecule has 3 rings (SSSR count). The summed E-state index contributed by atoms with van der Waals surface area (Å²) >= 11 is 0. The van der Waals surface area contributed by atoms with Gasteiger partial charge in [-0.1, -0.05) is 37.3 Å². The third kappa shape index (κ3) is 4.03. The number of carbonyl (C=O) groups excluding carboxylic acids is 1. The Morgan fingerprint density at radius 1 is 1.33 bits per heavy atom. The molecule has 1 aromatic heterocycles. The van der Waals surface area contributed by atoms with Crippen LogP contribution in [0.4, 0.5) is 0 Å². The van der Waals surface area contributed by atoms with Crippen LogP contribution in [0.5, 0.6) is 0 Å². The fourth-order valence-electron chi connectivity index (χ4n) is 3.13. The van der Waals surface area contributed by atoms with Crippen molar-refractivity contribution in [3.63, 3.8) is 0 Å². The molecule has 0 bridgehead atoms. The molecular formula is C19H26N4O. The zero-order valence-electron chi connectivity index (χ0n) is 14.5. The molecule has 2 N–H and O–H groups in total. The van der Waals surface area contributed by atoms with E-state index in [2.05, 4.69) is 34.3 Å². The van der Waals surface area contributed by atoms with Gasteiger partial charge >= 0.3 is 0 Å². The van der Waals surface area contributed by atoms with Crippen molar-refractivity contribution in [2.75, 3.05) is 19.6 Å². The first-order valence-electron chi connectivity index (χ1n) is 8.76. The first kappa shape index (κ1) is 16.7. The highest BCUT2D eigenvalue weighted by molar-refractivity contribution is 5.93. The van der Waals surface area contributed by atoms with Crippen LogP contribution in [0.25, 0.3) is 11.3 Å². The molecule has 128 valence electrons. The Kier molecular flexibility index (Phi) is 5.30. The number of H-pyrrole nitrogens is 1. The monoisotopic (exact) mass is 326 g/mol. The Morgan fingerprint density at radius 3 is 2.75 bits per heavy atom. The molecule has 2 aromatic rings. The summed E-state index contributed by atoms with van der Waals surface area (Å²) in [5.74, 6) is 0.728. The van der Waals surface area contributed by atoms with Crippen molar-refractivity contribution >= 4 is 5.91 Å². The summed E-state index contributed by atoms with van der Waals surface area (Å²) in [6.45, 7) is 7.40. The second kappa shape index (κ2) is 7.62. The van der Waals surface area contributed by atoms with Gasteiger partial charge in [0.05, 0.1) is 5.69 Å². The Balaban J connectivity index is 1.53. The Labute approximate surface area is 143 Å². The van der Waals surface area contributed by atoms with Crippen LogP contribution in [0.15, 0.2) is 36.4 Å². The topological polar surface area (TPSA) is 61.0 Å². The third-order valence-electron chi connectivity index (χ3n) is 4.89. The maximum absolute atomic E-state index is 12.3. The highest BCUT2D eigenvalue weighted by atomic mass is 16.1. The van der Waals surface area contributed by atoms with Crippen molar-refractivity contribution in [1.82, 2.24) is 20.4 Å². The fourth-order valence-corrected chi connectivity index (χ4v) is 3.13. The summed E-state index contributed by atoms with van der Waals surface area (Å²) in [5, 5.41) is 10.1. The van der Waals surface area contributed by atoms with Crippen LogP contribution in [-0.2, 0) is 0 Å². The molecule has 0 spiro atoms. The van der Waals surface area contributed by atoms with Gasteiger partial charge in [0.15, 0.2) is 0 Å². The number of hydrogen-bond donors (Lipinski definition) is 2. The van der Waals surface area contributed by atoms with Crippen molar-refractivity contribution in [3.8, 4) is 11.3 Å². The minimum Gasteiger partial charge on any atom is -0.349 e. The maximum atomic E-state index is 12.3. The van der Waals surface area contributed by atoms with E-state index in [0.717, 1.165) is 30.3 Å². The molecular weight excluding hydrogens is 300 g/mol. The van der Waals surface area contributed by atoms with Crippen molar-refractivity contribution in [2.45, 2.75) is 32.7 Å². The molecule has 1 unspecified atom stereocenters. The Bertz CT molecular complexity index is 659. The lowest BCUT2D eigenvalue weighted by Crippen LogP contribution is -2.45. The highest BCUT2D eigenvalue weighted by Crippen LogP contribution is 2.18. The standard InChI is InChI=1S/C19H26N4O/c1-14-8-10-23(11-9-14)15(2)13-20-19(24)18-12-17(21-22-18)16-6-4-3-5-7-16/h3-7,12,14-15H,8-11,13H2,1-2H3,(H,20,24)(H,21,22). The number of aromatic amines is 1. The van der Waals surface area contributed by atoms with Gasteiger partial charge in [0.1, 0.15) is 5.69 Å². The number of nitrogens with zero attached hydrogens (tertiary/aromatic N) is 2. The van der Waals surface area contributed by atoms with Gasteiger partial charge in [-0.25, -0.2) is 0 Å². The summed E-state index contributed by atoms with van der Waals surface area (Å²) in [7, 11) is 0. The van der Waals surface area contributed by atoms with Crippen molar-refractivity contribution in [2.24, 2.45) is 5.92 Å². The molecule has 5 nitrogen and oxygen atoms in total. The normalized spacial score (nSPS) is 17.6. The lowest BCUT2D eigenvalue weighted by atomic mass is 9.98. The number of rotatable bonds is 5. The van der Waals surface area contributed by atoms with Gasteiger partial charge in [-0.3, -0.25) is 14.8 Å². The molecule has 1 aliphatic heterocycles. The lowest BCUT2D eigenvalue weighted by molar-refractivity contribution is 0.0917. The number of nitrogens with one attached hydrogen (secondary N) is 2. The average molecular weight is 326 g/mol. The number of benzene rings is 1. The van der Waals surface area contributed by atoms with E-state index in [0.29, 0.717) is 18.3 Å². The smallest absolute Gasteiger partial charge is 0.269 e. The summed E-state index contributed by atoms with van der Waals surface area (Å²) < 4.78 is 0. The van der Waals surface area contributed by atoms with Crippen LogP contribution in [0.1, 0.15) is 37.2 Å². The van der Waals surface area contributed by atoms with Crippen LogP contribution in [-0.4, -0.2) is 46.7 Å². The maximum Gasteiger partial charge on any atom is 0.269 e. The largest absolute Gasteiger partial charge is 0.349 e. The van der Waals surface area contributed by atoms with E-state index in [4.69, 9.17) is 0 Å². The van der Waals surface area contributed by atoms with Crippen molar-refractivity contribution in [1.29, 1.82) is 0 Å². The highest BCUT2D eigenvalue weighted by Gasteiger charge is 2.21. The second-order valence-electron chi connectivity index (χ2n) is 6.81. The van der Waals surface area contributed by atoms with E-state index in [-0.39, 0.29) is 5.91 Å². The van der Waals surface area contributed by atoms with E-state index >= 15 is 0 Å². The van der Waals surface area contributed by atoms with Crippen LogP contribution >= 0.6 is 0 Å². The van der Waals surface area contributed by atoms with Gasteiger partial charge < -0.3 is 5.32 Å². The van der Waals surface area contributed by atoms with Crippen LogP contribution in [0.3, 0.4) is 0 Å². The molecule has 1 aliphatic rings. The lowest BCUT2D eigenvalue weighted by Gasteiger charge is -2.34. The number of likely N-dealkylation sites (tertiary alicyclic amines) is 1. The number of hydrogen-bond acceptors (Lipinski definition) is 3. The molecule has 1 aromatic carbocycles. The molecule has 1 saturated heterocycles. The zero-order chi connectivity index (χ0) is 16.9. The molecule has 0 radical (unpaired) electrons. The van der Waals surface area contributed by atoms with Crippen LogP contribution in [0, 0.1) is 5.92 Å². The van der Waals surface area contributed by atoms with Gasteiger partial charge in [-0.15, -0.1) is 0 Å². The molecule has 1 atom stereocenters. The molecule has 1 amide bonds. The number of amides is 1. The van der Waals surface area contributed by atoms with E-state index in [1.54, 1.807) is 6.07 Å². The minimum absolute atomic E-state index is 0.0955. The third-order valence-corrected chi connectivity index (χ3v) is 4.89. The second-order valence-corrected chi connectivity index (χ2v) is 6.81. The fraction of sp³-hybridized carbons (Fsp3) is 0.474. The SMILES string of the molecule is CC1CCN(C(C)CNC(=O)c2cc(-c3ccccc3)n[nH]2)CC1. The summed E-state index contributed by atoms with van der Waals surface area (Å²) in [6, 6.07) is 12.0. The quantitative estimate of drug-likeness (QED) is 0.888. The van der Waals surface area contributed by atoms with Gasteiger partial charge in [0, 0.05) is 18.2 Å². The van der Waals surface area contributed by atoms with Gasteiger partial charge in [-0.05, 0) is 44.8 Å². The number of piperidine rings is 1. The summed E-state index contributed by atoms with van der Waals surface area (Å²) in [6.07, 6.45) is 2.50. The molecule has 1 fully saturated rings. The number of carbonyl (C=O) groups is 1. The molecule has 5 heteroatoms. The summed E-state index contributed by atoms with van der Waals surface area (Å²) in [4.78, 5) is 14.8. The molecule has 24 heavy (non-hydrogen) atoms. The van der Waals surface area contributed by atoms with Crippen LogP contribution in [0.2, 0.25) is 0 Å². The first-order valence-corrected chi connectivity index (χ1v) is 8.76. The van der Waals surface area contributed by atoms with Gasteiger partial charge in [-0.2, -0.15) is 5.10 Å². The minimum atomic E-state index is -0.0955. The van der Waals surface area contributed by atoms with E-state index < -0.39 is 0 Å². The number of aromatic nitrogens is 2. The summed E-state index contributed by atoms with van der Waals surface area (Å²) in [5.41, 5.74) is 2.30. The Morgan fingerprint density at radius 2 is 2.04 bits per heavy atom. The predicted octanol–water partition coefficient (Wildman–Crippen LogP) is 2.93. The van der Waals surface area contributed by atoms with E-state index in [1.807, 2.05) is 30.3 Å². The van der Waals surface area contributed by atoms with Gasteiger partial charge in [0.2, 0.25) is 0 Å². The average Bonchev–Trinajstić information content (AvgIpc) is 3.11. The zero-order valence-corrected chi connectivity index (χ0v) is 14.5. The Hall–Kier alpha value is -2.14. The van der Waals surface area contributed by atoms with E-state index in [1.165, 1.54) is 12.8 Å². The predicted molar refractivity (Wildman–Crippen MR) is 95.8 cm³/mol. The first-order chi connectivity index (χ1) is 11.6. The molecule has 2 heterocycles. The van der Waals surface area contributed by atoms with Crippen molar-refractivity contribution < 1.29 is 4.79 Å². The van der Waals surface area contributed by atoms with Gasteiger partial charge in [0.25, 0.3) is 5.91 Å².